The minimum absolute atomic E-state index is 0.105. The number of rotatable bonds is 6. The van der Waals surface area contributed by atoms with Crippen LogP contribution in [0, 0.1) is 5.41 Å². The normalized spacial score (nSPS) is 18.0. The van der Waals surface area contributed by atoms with Crippen LogP contribution in [0.4, 0.5) is 0 Å². The lowest BCUT2D eigenvalue weighted by Crippen LogP contribution is -2.37. The first-order valence-corrected chi connectivity index (χ1v) is 5.98. The van der Waals surface area contributed by atoms with E-state index in [1.54, 1.807) is 19.1 Å². The fourth-order valence-corrected chi connectivity index (χ4v) is 2.30. The molecule has 0 aromatic rings. The monoisotopic (exact) mass is 243 g/mol. The number of amides is 1. The van der Waals surface area contributed by atoms with Gasteiger partial charge in [0.1, 0.15) is 0 Å². The fraction of sp³-hybridized carbons (Fsp3) is 0.833. The van der Waals surface area contributed by atoms with Gasteiger partial charge < -0.3 is 14.7 Å². The smallest absolute Gasteiger partial charge is 0.310 e. The Morgan fingerprint density at radius 1 is 1.35 bits per heavy atom. The number of nitrogens with zero attached hydrogens (tertiary/aromatic N) is 1. The summed E-state index contributed by atoms with van der Waals surface area (Å²) in [5, 5.41) is 9.28. The van der Waals surface area contributed by atoms with Crippen LogP contribution in [0.2, 0.25) is 0 Å². The van der Waals surface area contributed by atoms with Gasteiger partial charge in [-0.25, -0.2) is 0 Å². The molecule has 0 bridgehead atoms. The Morgan fingerprint density at radius 3 is 2.41 bits per heavy atom. The first kappa shape index (κ1) is 14.0. The summed E-state index contributed by atoms with van der Waals surface area (Å²) in [6.07, 6.45) is 3.16. The summed E-state index contributed by atoms with van der Waals surface area (Å²) in [6, 6.07) is 0. The lowest BCUT2D eigenvalue weighted by molar-refractivity contribution is -0.153. The summed E-state index contributed by atoms with van der Waals surface area (Å²) < 4.78 is 4.90. The van der Waals surface area contributed by atoms with Crippen LogP contribution in [0.3, 0.4) is 0 Å². The van der Waals surface area contributed by atoms with Crippen molar-refractivity contribution in [3.63, 3.8) is 0 Å². The van der Waals surface area contributed by atoms with E-state index in [0.717, 1.165) is 12.8 Å². The topological polar surface area (TPSA) is 66.8 Å². The third-order valence-electron chi connectivity index (χ3n) is 3.56. The first-order chi connectivity index (χ1) is 8.02. The van der Waals surface area contributed by atoms with Gasteiger partial charge in [-0.1, -0.05) is 12.8 Å². The molecule has 1 amide bonds. The van der Waals surface area contributed by atoms with Crippen LogP contribution < -0.4 is 0 Å². The van der Waals surface area contributed by atoms with E-state index in [-0.39, 0.29) is 12.3 Å². The van der Waals surface area contributed by atoms with E-state index in [2.05, 4.69) is 0 Å². The highest BCUT2D eigenvalue weighted by molar-refractivity contribution is 5.85. The molecule has 1 aliphatic rings. The minimum atomic E-state index is -0.830. The van der Waals surface area contributed by atoms with Gasteiger partial charge in [-0.05, 0) is 12.8 Å². The molecule has 1 N–H and O–H groups in total. The number of likely N-dealkylation sites (N-methyl/N-ethyl adjacent to an activating group) is 1. The SMILES string of the molecule is COCCN(C)C(=O)CC1(C(=O)O)CCCC1. The number of methoxy groups -OCH3 is 1. The zero-order valence-electron chi connectivity index (χ0n) is 10.6. The molecular weight excluding hydrogens is 222 g/mol. The average molecular weight is 243 g/mol. The van der Waals surface area contributed by atoms with E-state index < -0.39 is 11.4 Å². The zero-order chi connectivity index (χ0) is 12.9. The van der Waals surface area contributed by atoms with Gasteiger partial charge in [0, 0.05) is 27.1 Å². The lowest BCUT2D eigenvalue weighted by atomic mass is 9.82. The Morgan fingerprint density at radius 2 is 1.94 bits per heavy atom. The van der Waals surface area contributed by atoms with Gasteiger partial charge in [0.05, 0.1) is 12.0 Å². The second-order valence-electron chi connectivity index (χ2n) is 4.78. The van der Waals surface area contributed by atoms with Crippen LogP contribution in [0.5, 0.6) is 0 Å². The van der Waals surface area contributed by atoms with Crippen LogP contribution in [-0.4, -0.2) is 49.2 Å². The molecular formula is C12H21NO4. The second kappa shape index (κ2) is 6.00. The molecule has 0 radical (unpaired) electrons. The van der Waals surface area contributed by atoms with Crippen LogP contribution in [0.15, 0.2) is 0 Å². The van der Waals surface area contributed by atoms with Crippen LogP contribution >= 0.6 is 0 Å². The molecule has 0 heterocycles. The third kappa shape index (κ3) is 3.43. The van der Waals surface area contributed by atoms with E-state index >= 15 is 0 Å². The maximum Gasteiger partial charge on any atom is 0.310 e. The fourth-order valence-electron chi connectivity index (χ4n) is 2.30. The standard InChI is InChI=1S/C12H21NO4/c1-13(7-8-17-2)10(14)9-12(11(15)16)5-3-4-6-12/h3-9H2,1-2H3,(H,15,16). The first-order valence-electron chi connectivity index (χ1n) is 5.98. The maximum atomic E-state index is 11.9. The van der Waals surface area contributed by atoms with Crippen molar-refractivity contribution < 1.29 is 19.4 Å². The summed E-state index contributed by atoms with van der Waals surface area (Å²) >= 11 is 0. The highest BCUT2D eigenvalue weighted by Crippen LogP contribution is 2.41. The number of hydrogen-bond acceptors (Lipinski definition) is 3. The molecule has 98 valence electrons. The van der Waals surface area contributed by atoms with E-state index in [4.69, 9.17) is 4.74 Å². The Balaban J connectivity index is 2.56. The van der Waals surface area contributed by atoms with Crippen LogP contribution in [0.1, 0.15) is 32.1 Å². The molecule has 1 fully saturated rings. The zero-order valence-corrected chi connectivity index (χ0v) is 10.6. The average Bonchev–Trinajstić information content (AvgIpc) is 2.75. The molecule has 0 aromatic carbocycles. The van der Waals surface area contributed by atoms with E-state index in [9.17, 15) is 14.7 Å². The van der Waals surface area contributed by atoms with Crippen molar-refractivity contribution in [1.82, 2.24) is 4.90 Å². The van der Waals surface area contributed by atoms with Crippen LogP contribution in [0.25, 0.3) is 0 Å². The van der Waals surface area contributed by atoms with Gasteiger partial charge in [0.2, 0.25) is 5.91 Å². The molecule has 0 unspecified atom stereocenters. The quantitative estimate of drug-likeness (QED) is 0.759. The molecule has 17 heavy (non-hydrogen) atoms. The molecule has 5 heteroatoms. The van der Waals surface area contributed by atoms with Crippen molar-refractivity contribution in [2.24, 2.45) is 5.41 Å². The Labute approximate surface area is 102 Å². The van der Waals surface area contributed by atoms with Crippen molar-refractivity contribution in [1.29, 1.82) is 0 Å². The predicted molar refractivity (Wildman–Crippen MR) is 62.7 cm³/mol. The molecule has 0 aliphatic heterocycles. The van der Waals surface area contributed by atoms with Gasteiger partial charge in [-0.2, -0.15) is 0 Å². The van der Waals surface area contributed by atoms with Gasteiger partial charge in [0.15, 0.2) is 0 Å². The second-order valence-corrected chi connectivity index (χ2v) is 4.78. The molecule has 0 spiro atoms. The van der Waals surface area contributed by atoms with Gasteiger partial charge in [-0.15, -0.1) is 0 Å². The summed E-state index contributed by atoms with van der Waals surface area (Å²) in [5.41, 5.74) is -0.821. The maximum absolute atomic E-state index is 11.9. The molecule has 0 aromatic heterocycles. The number of carbonyl (C=O) groups excluding carboxylic acids is 1. The van der Waals surface area contributed by atoms with Gasteiger partial charge in [-0.3, -0.25) is 9.59 Å². The van der Waals surface area contributed by atoms with Crippen molar-refractivity contribution in [2.45, 2.75) is 32.1 Å². The van der Waals surface area contributed by atoms with E-state index in [1.165, 1.54) is 0 Å². The number of hydrogen-bond donors (Lipinski definition) is 1. The Kier molecular flexibility index (Phi) is 4.93. The molecule has 0 saturated heterocycles. The number of aliphatic carboxylic acids is 1. The highest BCUT2D eigenvalue weighted by atomic mass is 16.5. The van der Waals surface area contributed by atoms with Gasteiger partial charge >= 0.3 is 5.97 Å². The highest BCUT2D eigenvalue weighted by Gasteiger charge is 2.43. The Hall–Kier alpha value is -1.10. The Bertz CT molecular complexity index is 284. The minimum Gasteiger partial charge on any atom is -0.481 e. The summed E-state index contributed by atoms with van der Waals surface area (Å²) in [5.74, 6) is -0.935. The van der Waals surface area contributed by atoms with Crippen molar-refractivity contribution in [3.8, 4) is 0 Å². The number of carboxylic acids is 1. The molecule has 1 rings (SSSR count). The van der Waals surface area contributed by atoms with Crippen molar-refractivity contribution >= 4 is 11.9 Å². The van der Waals surface area contributed by atoms with E-state index in [0.29, 0.717) is 26.0 Å². The predicted octanol–water partition coefficient (Wildman–Crippen LogP) is 1.13. The third-order valence-corrected chi connectivity index (χ3v) is 3.56. The van der Waals surface area contributed by atoms with Crippen LogP contribution in [-0.2, 0) is 14.3 Å². The summed E-state index contributed by atoms with van der Waals surface area (Å²) in [7, 11) is 3.26. The lowest BCUT2D eigenvalue weighted by Gasteiger charge is -2.26. The number of carboxylic acid groups (broad SMARTS) is 1. The largest absolute Gasteiger partial charge is 0.481 e. The number of carbonyl (C=O) groups is 2. The molecule has 1 aliphatic carbocycles. The van der Waals surface area contributed by atoms with E-state index in [1.807, 2.05) is 0 Å². The van der Waals surface area contributed by atoms with Gasteiger partial charge in [0.25, 0.3) is 0 Å². The summed E-state index contributed by atoms with van der Waals surface area (Å²) in [4.78, 5) is 24.8. The molecule has 1 saturated carbocycles. The molecule has 0 atom stereocenters. The summed E-state index contributed by atoms with van der Waals surface area (Å²) in [6.45, 7) is 0.980. The molecule has 5 nitrogen and oxygen atoms in total. The number of ether oxygens (including phenoxy) is 1. The van der Waals surface area contributed by atoms with Crippen molar-refractivity contribution in [3.05, 3.63) is 0 Å². The van der Waals surface area contributed by atoms with Crippen molar-refractivity contribution in [2.75, 3.05) is 27.3 Å².